The van der Waals surface area contributed by atoms with E-state index in [-0.39, 0.29) is 0 Å². The van der Waals surface area contributed by atoms with Crippen LogP contribution in [0.5, 0.6) is 0 Å². The first kappa shape index (κ1) is 12.6. The van der Waals surface area contributed by atoms with Gasteiger partial charge in [-0.15, -0.1) is 22.9 Å². The van der Waals surface area contributed by atoms with Gasteiger partial charge in [0, 0.05) is 11.1 Å². The van der Waals surface area contributed by atoms with E-state index < -0.39 is 0 Å². The Balaban J connectivity index is 2.12. The molecular weight excluding hydrogens is 278 g/mol. The summed E-state index contributed by atoms with van der Waals surface area (Å²) in [6.45, 7) is 4.84. The first-order chi connectivity index (χ1) is 9.17. The smallest absolute Gasteiger partial charge is 0.125 e. The molecule has 0 N–H and O–H groups in total. The van der Waals surface area contributed by atoms with Crippen molar-refractivity contribution in [2.75, 3.05) is 0 Å². The van der Waals surface area contributed by atoms with Crippen LogP contribution in [0, 0.1) is 13.8 Å². The average Bonchev–Trinajstić information content (AvgIpc) is 2.94. The zero-order chi connectivity index (χ0) is 13.4. The van der Waals surface area contributed by atoms with E-state index >= 15 is 0 Å². The molecule has 0 aliphatic carbocycles. The molecule has 0 aliphatic heterocycles. The maximum atomic E-state index is 6.01. The molecule has 3 aromatic rings. The van der Waals surface area contributed by atoms with E-state index in [9.17, 15) is 0 Å². The van der Waals surface area contributed by atoms with Crippen molar-refractivity contribution < 1.29 is 0 Å². The summed E-state index contributed by atoms with van der Waals surface area (Å²) in [6.07, 6.45) is 0. The third-order valence-corrected chi connectivity index (χ3v) is 4.25. The summed E-state index contributed by atoms with van der Waals surface area (Å²) < 4.78 is 2.16. The van der Waals surface area contributed by atoms with Gasteiger partial charge in [0.15, 0.2) is 0 Å². The lowest BCUT2D eigenvalue weighted by molar-refractivity contribution is 0.771. The molecule has 0 saturated heterocycles. The molecule has 5 heteroatoms. The second-order valence-corrected chi connectivity index (χ2v) is 5.83. The fourth-order valence-corrected chi connectivity index (χ4v) is 3.14. The lowest BCUT2D eigenvalue weighted by atomic mass is 10.2. The summed E-state index contributed by atoms with van der Waals surface area (Å²) in [7, 11) is 0. The Labute approximate surface area is 120 Å². The largest absolute Gasteiger partial charge is 0.320 e. The third kappa shape index (κ3) is 2.38. The molecular formula is C14H14ClN3S. The number of alkyl halides is 1. The molecule has 3 rings (SSSR count). The second-order valence-electron chi connectivity index (χ2n) is 4.62. The number of hydrogen-bond donors (Lipinski definition) is 0. The molecule has 0 fully saturated rings. The molecule has 0 saturated carbocycles. The van der Waals surface area contributed by atoms with Crippen LogP contribution in [0.3, 0.4) is 0 Å². The van der Waals surface area contributed by atoms with Crippen LogP contribution in [0.25, 0.3) is 11.0 Å². The first-order valence-electron chi connectivity index (χ1n) is 6.10. The van der Waals surface area contributed by atoms with E-state index in [1.807, 2.05) is 13.0 Å². The van der Waals surface area contributed by atoms with Crippen molar-refractivity contribution in [3.05, 3.63) is 45.7 Å². The number of thiazole rings is 1. The average molecular weight is 292 g/mol. The highest BCUT2D eigenvalue weighted by atomic mass is 35.5. The number of imidazole rings is 1. The van der Waals surface area contributed by atoms with Gasteiger partial charge in [0.05, 0.1) is 23.5 Å². The summed E-state index contributed by atoms with van der Waals surface area (Å²) in [5.41, 5.74) is 4.41. The van der Waals surface area contributed by atoms with Gasteiger partial charge in [-0.3, -0.25) is 0 Å². The Morgan fingerprint density at radius 2 is 2.11 bits per heavy atom. The van der Waals surface area contributed by atoms with Gasteiger partial charge >= 0.3 is 0 Å². The number of hydrogen-bond acceptors (Lipinski definition) is 3. The van der Waals surface area contributed by atoms with Crippen LogP contribution in [0.4, 0.5) is 0 Å². The summed E-state index contributed by atoms with van der Waals surface area (Å²) in [6, 6.07) is 6.27. The Kier molecular flexibility index (Phi) is 3.29. The van der Waals surface area contributed by atoms with Crippen LogP contribution in [0.15, 0.2) is 23.6 Å². The maximum Gasteiger partial charge on any atom is 0.125 e. The summed E-state index contributed by atoms with van der Waals surface area (Å²) in [5, 5.41) is 3.16. The van der Waals surface area contributed by atoms with Crippen LogP contribution in [-0.4, -0.2) is 14.5 Å². The van der Waals surface area contributed by atoms with E-state index in [2.05, 4.69) is 39.0 Å². The van der Waals surface area contributed by atoms with E-state index in [1.165, 1.54) is 5.56 Å². The monoisotopic (exact) mass is 291 g/mol. The molecule has 0 bridgehead atoms. The Bertz CT molecular complexity index is 729. The normalized spacial score (nSPS) is 11.3. The van der Waals surface area contributed by atoms with E-state index in [0.717, 1.165) is 34.1 Å². The van der Waals surface area contributed by atoms with Crippen LogP contribution in [-0.2, 0) is 12.4 Å². The molecule has 1 aromatic carbocycles. The van der Waals surface area contributed by atoms with Crippen molar-refractivity contribution in [2.45, 2.75) is 26.3 Å². The van der Waals surface area contributed by atoms with Gasteiger partial charge in [-0.25, -0.2) is 9.97 Å². The quantitative estimate of drug-likeness (QED) is 0.685. The summed E-state index contributed by atoms with van der Waals surface area (Å²) >= 11 is 7.69. The maximum absolute atomic E-state index is 6.01. The Morgan fingerprint density at radius 1 is 1.26 bits per heavy atom. The minimum Gasteiger partial charge on any atom is -0.320 e. The fraction of sp³-hybridized carbons (Fsp3) is 0.286. The predicted octanol–water partition coefficient (Wildman–Crippen LogP) is 3.90. The van der Waals surface area contributed by atoms with Crippen molar-refractivity contribution in [1.29, 1.82) is 0 Å². The molecule has 98 valence electrons. The molecule has 2 heterocycles. The number of rotatable bonds is 3. The molecule has 0 amide bonds. The Hall–Kier alpha value is -1.39. The fourth-order valence-electron chi connectivity index (χ4n) is 2.17. The molecule has 2 aromatic heterocycles. The SMILES string of the molecule is Cc1ccc2nc(CCl)n(Cc3nc(C)cs3)c2c1. The van der Waals surface area contributed by atoms with Gasteiger partial charge in [0.2, 0.25) is 0 Å². The van der Waals surface area contributed by atoms with E-state index in [4.69, 9.17) is 11.6 Å². The van der Waals surface area contributed by atoms with Gasteiger partial charge in [-0.1, -0.05) is 6.07 Å². The lowest BCUT2D eigenvalue weighted by Crippen LogP contribution is -2.03. The second kappa shape index (κ2) is 4.94. The number of benzene rings is 1. The highest BCUT2D eigenvalue weighted by Crippen LogP contribution is 2.21. The van der Waals surface area contributed by atoms with E-state index in [1.54, 1.807) is 11.3 Å². The van der Waals surface area contributed by atoms with E-state index in [0.29, 0.717) is 5.88 Å². The van der Waals surface area contributed by atoms with Crippen molar-refractivity contribution in [2.24, 2.45) is 0 Å². The first-order valence-corrected chi connectivity index (χ1v) is 7.51. The zero-order valence-corrected chi connectivity index (χ0v) is 12.4. The van der Waals surface area contributed by atoms with Gasteiger partial charge in [-0.05, 0) is 31.5 Å². The van der Waals surface area contributed by atoms with Gasteiger partial charge in [-0.2, -0.15) is 0 Å². The summed E-state index contributed by atoms with van der Waals surface area (Å²) in [5.74, 6) is 1.31. The molecule has 0 atom stereocenters. The highest BCUT2D eigenvalue weighted by molar-refractivity contribution is 7.09. The lowest BCUT2D eigenvalue weighted by Gasteiger charge is -2.05. The molecule has 0 unspecified atom stereocenters. The molecule has 0 radical (unpaired) electrons. The number of aromatic nitrogens is 3. The van der Waals surface area contributed by atoms with Crippen molar-refractivity contribution in [3.63, 3.8) is 0 Å². The third-order valence-electron chi connectivity index (χ3n) is 3.06. The molecule has 3 nitrogen and oxygen atoms in total. The van der Waals surface area contributed by atoms with Crippen molar-refractivity contribution in [1.82, 2.24) is 14.5 Å². The van der Waals surface area contributed by atoms with Crippen LogP contribution >= 0.6 is 22.9 Å². The highest BCUT2D eigenvalue weighted by Gasteiger charge is 2.11. The van der Waals surface area contributed by atoms with Crippen LogP contribution in [0.2, 0.25) is 0 Å². The topological polar surface area (TPSA) is 30.7 Å². The minimum absolute atomic E-state index is 0.415. The predicted molar refractivity (Wildman–Crippen MR) is 80.0 cm³/mol. The van der Waals surface area contributed by atoms with Gasteiger partial charge in [0.25, 0.3) is 0 Å². The molecule has 19 heavy (non-hydrogen) atoms. The molecule has 0 spiro atoms. The van der Waals surface area contributed by atoms with Gasteiger partial charge in [0.1, 0.15) is 10.8 Å². The van der Waals surface area contributed by atoms with Crippen LogP contribution < -0.4 is 0 Å². The van der Waals surface area contributed by atoms with Crippen LogP contribution in [0.1, 0.15) is 22.1 Å². The van der Waals surface area contributed by atoms with Crippen molar-refractivity contribution >= 4 is 34.0 Å². The number of fused-ring (bicyclic) bond motifs is 1. The minimum atomic E-state index is 0.415. The molecule has 0 aliphatic rings. The Morgan fingerprint density at radius 3 is 2.79 bits per heavy atom. The summed E-state index contributed by atoms with van der Waals surface area (Å²) in [4.78, 5) is 9.10. The standard InChI is InChI=1S/C14H14ClN3S/c1-9-3-4-11-12(5-9)18(13(6-15)17-11)7-14-16-10(2)8-19-14/h3-5,8H,6-7H2,1-2H3. The zero-order valence-electron chi connectivity index (χ0n) is 10.9. The number of nitrogens with zero attached hydrogens (tertiary/aromatic N) is 3. The number of aryl methyl sites for hydroxylation is 2. The number of halogens is 1. The van der Waals surface area contributed by atoms with Gasteiger partial charge < -0.3 is 4.57 Å². The van der Waals surface area contributed by atoms with Crippen molar-refractivity contribution in [3.8, 4) is 0 Å².